The average molecular weight is 379 g/mol. The van der Waals surface area contributed by atoms with Crippen molar-refractivity contribution in [1.82, 2.24) is 9.97 Å². The predicted octanol–water partition coefficient (Wildman–Crippen LogP) is 5.21. The van der Waals surface area contributed by atoms with Crippen LogP contribution in [0.3, 0.4) is 0 Å². The predicted molar refractivity (Wildman–Crippen MR) is 94.8 cm³/mol. The first kappa shape index (κ1) is 16.2. The Hall–Kier alpha value is -1.69. The highest BCUT2D eigenvalue weighted by Crippen LogP contribution is 2.40. The molecule has 0 saturated heterocycles. The van der Waals surface area contributed by atoms with Crippen LogP contribution in [-0.4, -0.2) is 16.0 Å². The van der Waals surface area contributed by atoms with Gasteiger partial charge in [-0.25, -0.2) is 9.37 Å². The van der Waals surface area contributed by atoms with E-state index in [1.54, 1.807) is 12.1 Å². The Morgan fingerprint density at radius 1 is 1.30 bits per heavy atom. The third-order valence-electron chi connectivity index (χ3n) is 3.92. The first-order chi connectivity index (χ1) is 11.0. The van der Waals surface area contributed by atoms with E-state index in [1.165, 1.54) is 6.07 Å². The summed E-state index contributed by atoms with van der Waals surface area (Å²) in [6.07, 6.45) is 3.30. The van der Waals surface area contributed by atoms with Gasteiger partial charge in [-0.2, -0.15) is 4.98 Å². The van der Waals surface area contributed by atoms with Crippen LogP contribution in [0, 0.1) is 5.82 Å². The second kappa shape index (κ2) is 6.83. The van der Waals surface area contributed by atoms with E-state index in [0.717, 1.165) is 25.0 Å². The summed E-state index contributed by atoms with van der Waals surface area (Å²) in [4.78, 5) is 9.08. The Labute approximate surface area is 144 Å². The highest BCUT2D eigenvalue weighted by atomic mass is 79.9. The van der Waals surface area contributed by atoms with Crippen LogP contribution >= 0.6 is 15.9 Å². The number of benzene rings is 1. The van der Waals surface area contributed by atoms with Crippen LogP contribution in [0.15, 0.2) is 28.7 Å². The van der Waals surface area contributed by atoms with Gasteiger partial charge in [-0.05, 0) is 44.4 Å². The summed E-state index contributed by atoms with van der Waals surface area (Å²) in [5, 5.41) is 6.37. The molecule has 1 aromatic carbocycles. The van der Waals surface area contributed by atoms with Crippen molar-refractivity contribution in [3.63, 3.8) is 0 Å². The summed E-state index contributed by atoms with van der Waals surface area (Å²) >= 11 is 3.26. The molecule has 1 heterocycles. The Morgan fingerprint density at radius 3 is 2.74 bits per heavy atom. The minimum atomic E-state index is -0.317. The average Bonchev–Trinajstić information content (AvgIpc) is 3.34. The van der Waals surface area contributed by atoms with Crippen LogP contribution in [0.25, 0.3) is 0 Å². The second-order valence-corrected chi connectivity index (χ2v) is 6.89. The molecular weight excluding hydrogens is 359 g/mol. The molecule has 0 spiro atoms. The molecule has 0 unspecified atom stereocenters. The number of anilines is 3. The van der Waals surface area contributed by atoms with Crippen LogP contribution in [0.1, 0.15) is 44.7 Å². The van der Waals surface area contributed by atoms with Gasteiger partial charge in [0.1, 0.15) is 11.6 Å². The van der Waals surface area contributed by atoms with E-state index >= 15 is 0 Å². The molecule has 0 aliphatic heterocycles. The molecule has 1 aromatic heterocycles. The standard InChI is InChI=1S/C17H20BrFN4/c1-3-10(2)20-17-22-15(11-4-5-11)9-16(23-17)21-14-7-6-12(18)8-13(14)19/h6-11H,3-5H2,1-2H3,(H2,20,21,22,23)/t10-/m0/s1. The zero-order valence-electron chi connectivity index (χ0n) is 13.2. The normalized spacial score (nSPS) is 15.3. The molecule has 1 saturated carbocycles. The summed E-state index contributed by atoms with van der Waals surface area (Å²) < 4.78 is 14.7. The first-order valence-corrected chi connectivity index (χ1v) is 8.72. The molecule has 23 heavy (non-hydrogen) atoms. The summed E-state index contributed by atoms with van der Waals surface area (Å²) in [5.74, 6) is 1.41. The van der Waals surface area contributed by atoms with Gasteiger partial charge >= 0.3 is 0 Å². The zero-order valence-corrected chi connectivity index (χ0v) is 14.8. The fourth-order valence-corrected chi connectivity index (χ4v) is 2.57. The molecule has 1 fully saturated rings. The number of hydrogen-bond acceptors (Lipinski definition) is 4. The third kappa shape index (κ3) is 4.19. The van der Waals surface area contributed by atoms with Crippen molar-refractivity contribution in [2.24, 2.45) is 0 Å². The molecule has 0 bridgehead atoms. The lowest BCUT2D eigenvalue weighted by atomic mass is 10.2. The molecule has 2 aromatic rings. The Morgan fingerprint density at radius 2 is 2.09 bits per heavy atom. The van der Waals surface area contributed by atoms with Crippen LogP contribution < -0.4 is 10.6 Å². The highest BCUT2D eigenvalue weighted by molar-refractivity contribution is 9.10. The number of rotatable bonds is 6. The zero-order chi connectivity index (χ0) is 16.4. The van der Waals surface area contributed by atoms with E-state index < -0.39 is 0 Å². The van der Waals surface area contributed by atoms with E-state index in [4.69, 9.17) is 0 Å². The fraction of sp³-hybridized carbons (Fsp3) is 0.412. The SMILES string of the molecule is CC[C@H](C)Nc1nc(Nc2ccc(Br)cc2F)cc(C2CC2)n1. The Balaban J connectivity index is 1.87. The van der Waals surface area contributed by atoms with E-state index in [9.17, 15) is 4.39 Å². The van der Waals surface area contributed by atoms with Crippen LogP contribution in [-0.2, 0) is 0 Å². The lowest BCUT2D eigenvalue weighted by Gasteiger charge is -2.14. The van der Waals surface area contributed by atoms with E-state index in [-0.39, 0.29) is 5.82 Å². The van der Waals surface area contributed by atoms with E-state index in [1.807, 2.05) is 6.07 Å². The molecule has 1 aliphatic carbocycles. The Bertz CT molecular complexity index is 703. The molecule has 1 aliphatic rings. The van der Waals surface area contributed by atoms with Crippen molar-refractivity contribution in [2.75, 3.05) is 10.6 Å². The maximum absolute atomic E-state index is 14.0. The molecule has 6 heteroatoms. The lowest BCUT2D eigenvalue weighted by Crippen LogP contribution is -2.16. The maximum atomic E-state index is 14.0. The van der Waals surface area contributed by atoms with Gasteiger partial charge in [0.2, 0.25) is 5.95 Å². The lowest BCUT2D eigenvalue weighted by molar-refractivity contribution is 0.631. The molecule has 3 rings (SSSR count). The molecular formula is C17H20BrFN4. The van der Waals surface area contributed by atoms with Crippen molar-refractivity contribution in [1.29, 1.82) is 0 Å². The number of nitrogens with zero attached hydrogens (tertiary/aromatic N) is 2. The summed E-state index contributed by atoms with van der Waals surface area (Å²) in [6, 6.07) is 7.14. The number of nitrogens with one attached hydrogen (secondary N) is 2. The first-order valence-electron chi connectivity index (χ1n) is 7.92. The van der Waals surface area contributed by atoms with Crippen molar-refractivity contribution >= 4 is 33.4 Å². The van der Waals surface area contributed by atoms with E-state index in [2.05, 4.69) is 50.4 Å². The van der Waals surface area contributed by atoms with Crippen LogP contribution in [0.2, 0.25) is 0 Å². The minimum absolute atomic E-state index is 0.293. The second-order valence-electron chi connectivity index (χ2n) is 5.98. The number of hydrogen-bond donors (Lipinski definition) is 2. The smallest absolute Gasteiger partial charge is 0.225 e. The molecule has 0 amide bonds. The maximum Gasteiger partial charge on any atom is 0.225 e. The summed E-state index contributed by atoms with van der Waals surface area (Å²) in [6.45, 7) is 4.20. The van der Waals surface area contributed by atoms with Crippen molar-refractivity contribution in [3.8, 4) is 0 Å². The van der Waals surface area contributed by atoms with Crippen LogP contribution in [0.4, 0.5) is 21.8 Å². The summed E-state index contributed by atoms with van der Waals surface area (Å²) in [7, 11) is 0. The van der Waals surface area contributed by atoms with Crippen molar-refractivity contribution < 1.29 is 4.39 Å². The van der Waals surface area contributed by atoms with Gasteiger partial charge in [-0.3, -0.25) is 0 Å². The molecule has 2 N–H and O–H groups in total. The monoisotopic (exact) mass is 378 g/mol. The minimum Gasteiger partial charge on any atom is -0.352 e. The fourth-order valence-electron chi connectivity index (χ4n) is 2.23. The van der Waals surface area contributed by atoms with Gasteiger partial charge in [-0.1, -0.05) is 22.9 Å². The van der Waals surface area contributed by atoms with Crippen molar-refractivity contribution in [3.05, 3.63) is 40.2 Å². The highest BCUT2D eigenvalue weighted by Gasteiger charge is 2.26. The Kier molecular flexibility index (Phi) is 4.80. The number of aromatic nitrogens is 2. The quantitative estimate of drug-likeness (QED) is 0.724. The van der Waals surface area contributed by atoms with Gasteiger partial charge in [0.15, 0.2) is 0 Å². The topological polar surface area (TPSA) is 49.8 Å². The van der Waals surface area contributed by atoms with Gasteiger partial charge in [0.25, 0.3) is 0 Å². The van der Waals surface area contributed by atoms with Crippen LogP contribution in [0.5, 0.6) is 0 Å². The number of halogens is 2. The molecule has 4 nitrogen and oxygen atoms in total. The van der Waals surface area contributed by atoms with E-state index in [0.29, 0.717) is 33.9 Å². The van der Waals surface area contributed by atoms with Gasteiger partial charge in [0, 0.05) is 22.5 Å². The van der Waals surface area contributed by atoms with Gasteiger partial charge in [-0.15, -0.1) is 0 Å². The van der Waals surface area contributed by atoms with Gasteiger partial charge < -0.3 is 10.6 Å². The summed E-state index contributed by atoms with van der Waals surface area (Å²) in [5.41, 5.74) is 1.42. The molecule has 1 atom stereocenters. The van der Waals surface area contributed by atoms with Gasteiger partial charge in [0.05, 0.1) is 11.4 Å². The van der Waals surface area contributed by atoms with Crippen molar-refractivity contribution in [2.45, 2.75) is 45.1 Å². The molecule has 122 valence electrons. The largest absolute Gasteiger partial charge is 0.352 e. The third-order valence-corrected chi connectivity index (χ3v) is 4.42. The molecule has 0 radical (unpaired) electrons.